The van der Waals surface area contributed by atoms with Crippen molar-refractivity contribution >= 4 is 11.9 Å². The van der Waals surface area contributed by atoms with E-state index in [1.165, 1.54) is 0 Å². The molecule has 0 saturated heterocycles. The zero-order valence-corrected chi connectivity index (χ0v) is 11.1. The van der Waals surface area contributed by atoms with Gasteiger partial charge in [-0.25, -0.2) is 0 Å². The normalized spacial score (nSPS) is 12.0. The van der Waals surface area contributed by atoms with E-state index < -0.39 is 0 Å². The van der Waals surface area contributed by atoms with Crippen LogP contribution >= 0.6 is 0 Å². The van der Waals surface area contributed by atoms with E-state index in [-0.39, 0.29) is 12.6 Å². The summed E-state index contributed by atoms with van der Waals surface area (Å²) in [5.41, 5.74) is 0. The molecule has 0 aromatic carbocycles. The fourth-order valence-corrected chi connectivity index (χ4v) is 1.28. The summed E-state index contributed by atoms with van der Waals surface area (Å²) in [6, 6.07) is 0.385. The van der Waals surface area contributed by atoms with Gasteiger partial charge in [0, 0.05) is 19.7 Å². The molecule has 0 aliphatic carbocycles. The molecule has 3 N–H and O–H groups in total. The monoisotopic (exact) mass is 255 g/mol. The molecular weight excluding hydrogens is 234 g/mol. The lowest BCUT2D eigenvalue weighted by Crippen LogP contribution is -2.19. The minimum atomic E-state index is 0.0844. The van der Waals surface area contributed by atoms with E-state index in [9.17, 15) is 0 Å². The van der Waals surface area contributed by atoms with Crippen molar-refractivity contribution in [3.63, 3.8) is 0 Å². The summed E-state index contributed by atoms with van der Waals surface area (Å²) >= 11 is 0. The van der Waals surface area contributed by atoms with Crippen LogP contribution in [0.5, 0.6) is 6.01 Å². The minimum absolute atomic E-state index is 0.0844. The van der Waals surface area contributed by atoms with Gasteiger partial charge in [-0.15, -0.1) is 0 Å². The topological polar surface area (TPSA) is 92.2 Å². The Bertz CT molecular complexity index is 361. The second-order valence-corrected chi connectivity index (χ2v) is 3.92. The van der Waals surface area contributed by atoms with Crippen molar-refractivity contribution in [2.75, 3.05) is 30.9 Å². The molecule has 18 heavy (non-hydrogen) atoms. The third-order valence-electron chi connectivity index (χ3n) is 2.21. The molecule has 7 heteroatoms. The number of aliphatic hydroxyl groups is 1. The summed E-state index contributed by atoms with van der Waals surface area (Å²) in [5, 5.41) is 14.8. The number of hydrogen-bond acceptors (Lipinski definition) is 7. The highest BCUT2D eigenvalue weighted by molar-refractivity contribution is 5.35. The van der Waals surface area contributed by atoms with Crippen molar-refractivity contribution in [2.45, 2.75) is 32.7 Å². The average molecular weight is 255 g/mol. The molecule has 0 bridgehead atoms. The van der Waals surface area contributed by atoms with Crippen LogP contribution in [-0.4, -0.2) is 46.4 Å². The van der Waals surface area contributed by atoms with Crippen LogP contribution in [0.2, 0.25) is 0 Å². The molecule has 7 nitrogen and oxygen atoms in total. The predicted octanol–water partition coefficient (Wildman–Crippen LogP) is 0.885. The quantitative estimate of drug-likeness (QED) is 0.635. The van der Waals surface area contributed by atoms with Crippen LogP contribution in [0.3, 0.4) is 0 Å². The Hall–Kier alpha value is -1.63. The molecule has 1 heterocycles. The maximum absolute atomic E-state index is 8.86. The summed E-state index contributed by atoms with van der Waals surface area (Å²) in [6.45, 7) is 4.66. The van der Waals surface area contributed by atoms with Gasteiger partial charge in [0.05, 0.1) is 6.61 Å². The molecule has 1 unspecified atom stereocenters. The minimum Gasteiger partial charge on any atom is -0.463 e. The van der Waals surface area contributed by atoms with Crippen LogP contribution < -0.4 is 15.4 Å². The molecule has 0 amide bonds. The van der Waals surface area contributed by atoms with Gasteiger partial charge >= 0.3 is 6.01 Å². The second-order valence-electron chi connectivity index (χ2n) is 3.92. The van der Waals surface area contributed by atoms with Gasteiger partial charge in [-0.1, -0.05) is 6.92 Å². The number of aromatic nitrogens is 3. The van der Waals surface area contributed by atoms with Crippen LogP contribution in [0, 0.1) is 0 Å². The molecule has 0 spiro atoms. The number of ether oxygens (including phenoxy) is 1. The molecule has 1 atom stereocenters. The SMILES string of the molecule is CCCOc1nc(NC)nc(NC(C)CCO)n1. The van der Waals surface area contributed by atoms with E-state index in [0.29, 0.717) is 30.9 Å². The highest BCUT2D eigenvalue weighted by atomic mass is 16.5. The van der Waals surface area contributed by atoms with Crippen molar-refractivity contribution in [3.05, 3.63) is 0 Å². The first-order chi connectivity index (χ1) is 8.69. The lowest BCUT2D eigenvalue weighted by atomic mass is 10.2. The van der Waals surface area contributed by atoms with Crippen molar-refractivity contribution < 1.29 is 9.84 Å². The lowest BCUT2D eigenvalue weighted by Gasteiger charge is -2.13. The Morgan fingerprint density at radius 1 is 1.28 bits per heavy atom. The van der Waals surface area contributed by atoms with Crippen molar-refractivity contribution in [1.82, 2.24) is 15.0 Å². The smallest absolute Gasteiger partial charge is 0.323 e. The first-order valence-corrected chi connectivity index (χ1v) is 6.13. The van der Waals surface area contributed by atoms with E-state index in [4.69, 9.17) is 9.84 Å². The summed E-state index contributed by atoms with van der Waals surface area (Å²) < 4.78 is 5.39. The van der Waals surface area contributed by atoms with Gasteiger partial charge in [0.2, 0.25) is 11.9 Å². The zero-order valence-electron chi connectivity index (χ0n) is 11.1. The molecule has 0 saturated carbocycles. The van der Waals surface area contributed by atoms with Crippen LogP contribution in [0.4, 0.5) is 11.9 Å². The van der Waals surface area contributed by atoms with E-state index in [2.05, 4.69) is 25.6 Å². The van der Waals surface area contributed by atoms with E-state index >= 15 is 0 Å². The van der Waals surface area contributed by atoms with Crippen LogP contribution in [0.25, 0.3) is 0 Å². The Morgan fingerprint density at radius 2 is 2.00 bits per heavy atom. The number of anilines is 2. The standard InChI is InChI=1S/C11H21N5O2/c1-4-7-18-11-15-9(12-3)14-10(16-11)13-8(2)5-6-17/h8,17H,4-7H2,1-3H3,(H2,12,13,14,15,16). The van der Waals surface area contributed by atoms with Gasteiger partial charge in [0.25, 0.3) is 0 Å². The predicted molar refractivity (Wildman–Crippen MR) is 69.9 cm³/mol. The maximum atomic E-state index is 8.86. The fraction of sp³-hybridized carbons (Fsp3) is 0.727. The van der Waals surface area contributed by atoms with Crippen molar-refractivity contribution in [3.8, 4) is 6.01 Å². The Kier molecular flexibility index (Phi) is 6.13. The van der Waals surface area contributed by atoms with Gasteiger partial charge in [-0.2, -0.15) is 15.0 Å². The Morgan fingerprint density at radius 3 is 2.61 bits per heavy atom. The Balaban J connectivity index is 2.76. The molecule has 1 rings (SSSR count). The highest BCUT2D eigenvalue weighted by Crippen LogP contribution is 2.12. The van der Waals surface area contributed by atoms with Gasteiger partial charge in [-0.3, -0.25) is 0 Å². The first-order valence-electron chi connectivity index (χ1n) is 6.13. The first kappa shape index (κ1) is 14.4. The largest absolute Gasteiger partial charge is 0.463 e. The second kappa shape index (κ2) is 7.65. The number of nitrogens with one attached hydrogen (secondary N) is 2. The van der Waals surface area contributed by atoms with Gasteiger partial charge in [-0.05, 0) is 19.8 Å². The van der Waals surface area contributed by atoms with E-state index in [1.807, 2.05) is 13.8 Å². The number of aliphatic hydroxyl groups excluding tert-OH is 1. The Labute approximate surface area is 107 Å². The summed E-state index contributed by atoms with van der Waals surface area (Å²) in [6.07, 6.45) is 1.52. The van der Waals surface area contributed by atoms with Crippen LogP contribution in [0.15, 0.2) is 0 Å². The molecule has 0 fully saturated rings. The zero-order chi connectivity index (χ0) is 13.4. The molecule has 1 aromatic rings. The summed E-state index contributed by atoms with van der Waals surface area (Å²) in [4.78, 5) is 12.4. The fourth-order valence-electron chi connectivity index (χ4n) is 1.28. The van der Waals surface area contributed by atoms with Gasteiger partial charge in [0.15, 0.2) is 0 Å². The number of rotatable bonds is 8. The molecule has 0 aliphatic rings. The maximum Gasteiger partial charge on any atom is 0.323 e. The molecule has 102 valence electrons. The van der Waals surface area contributed by atoms with E-state index in [1.54, 1.807) is 7.05 Å². The number of hydrogen-bond donors (Lipinski definition) is 3. The third-order valence-corrected chi connectivity index (χ3v) is 2.21. The summed E-state index contributed by atoms with van der Waals surface area (Å²) in [7, 11) is 1.74. The lowest BCUT2D eigenvalue weighted by molar-refractivity contribution is 0.281. The van der Waals surface area contributed by atoms with Crippen molar-refractivity contribution in [1.29, 1.82) is 0 Å². The molecule has 1 aromatic heterocycles. The molecule has 0 aliphatic heterocycles. The molecular formula is C11H21N5O2. The van der Waals surface area contributed by atoms with Crippen molar-refractivity contribution in [2.24, 2.45) is 0 Å². The molecule has 0 radical (unpaired) electrons. The van der Waals surface area contributed by atoms with Gasteiger partial charge in [0.1, 0.15) is 0 Å². The van der Waals surface area contributed by atoms with Crippen LogP contribution in [0.1, 0.15) is 26.7 Å². The van der Waals surface area contributed by atoms with E-state index in [0.717, 1.165) is 6.42 Å². The average Bonchev–Trinajstić information content (AvgIpc) is 2.36. The number of nitrogens with zero attached hydrogens (tertiary/aromatic N) is 3. The third kappa shape index (κ3) is 4.70. The van der Waals surface area contributed by atoms with Gasteiger partial charge < -0.3 is 20.5 Å². The highest BCUT2D eigenvalue weighted by Gasteiger charge is 2.09. The van der Waals surface area contributed by atoms with Crippen LogP contribution in [-0.2, 0) is 0 Å². The summed E-state index contributed by atoms with van der Waals surface area (Å²) in [5.74, 6) is 0.899.